The van der Waals surface area contributed by atoms with E-state index in [0.717, 1.165) is 13.1 Å². The van der Waals surface area contributed by atoms with E-state index in [1.165, 1.54) is 52.1 Å². The second-order valence-electron chi connectivity index (χ2n) is 7.56. The van der Waals surface area contributed by atoms with E-state index >= 15 is 0 Å². The fraction of sp³-hybridized carbons (Fsp3) is 0.667. The van der Waals surface area contributed by atoms with Crippen LogP contribution in [0.25, 0.3) is 4.96 Å². The smallest absolute Gasteiger partial charge is 0.279 e. The Labute approximate surface area is 163 Å². The minimum atomic E-state index is -3.85. The highest BCUT2D eigenvalue weighted by molar-refractivity contribution is 7.89. The lowest BCUT2D eigenvalue weighted by atomic mass is 9.94. The van der Waals surface area contributed by atoms with Gasteiger partial charge in [-0.3, -0.25) is 14.1 Å². The molecule has 3 heterocycles. The fourth-order valence-corrected chi connectivity index (χ4v) is 6.89. The third-order valence-electron chi connectivity index (χ3n) is 5.83. The molecule has 1 saturated heterocycles. The molecule has 1 saturated carbocycles. The van der Waals surface area contributed by atoms with Crippen molar-refractivity contribution >= 4 is 26.3 Å². The van der Waals surface area contributed by atoms with Gasteiger partial charge in [-0.25, -0.2) is 13.4 Å². The molecule has 4 rings (SSSR count). The zero-order valence-electron chi connectivity index (χ0n) is 15.8. The maximum Gasteiger partial charge on any atom is 0.279 e. The van der Waals surface area contributed by atoms with E-state index in [4.69, 9.17) is 0 Å². The zero-order chi connectivity index (χ0) is 19.2. The van der Waals surface area contributed by atoms with Gasteiger partial charge >= 0.3 is 0 Å². The van der Waals surface area contributed by atoms with Crippen molar-refractivity contribution in [3.63, 3.8) is 0 Å². The van der Waals surface area contributed by atoms with E-state index in [1.807, 2.05) is 5.38 Å². The summed E-state index contributed by atoms with van der Waals surface area (Å²) in [6.07, 6.45) is 6.28. The summed E-state index contributed by atoms with van der Waals surface area (Å²) in [5.74, 6) is 0. The van der Waals surface area contributed by atoms with E-state index in [1.54, 1.807) is 13.8 Å². The number of nitrogens with zero attached hydrogens (tertiary/aromatic N) is 4. The molecule has 2 fully saturated rings. The van der Waals surface area contributed by atoms with Gasteiger partial charge in [-0.05, 0) is 26.7 Å². The summed E-state index contributed by atoms with van der Waals surface area (Å²) in [6.45, 7) is 5.74. The van der Waals surface area contributed by atoms with Crippen LogP contribution < -0.4 is 5.56 Å². The first-order chi connectivity index (χ1) is 12.9. The lowest BCUT2D eigenvalue weighted by Gasteiger charge is -2.40. The average Bonchev–Trinajstić information content (AvgIpc) is 3.03. The Bertz CT molecular complexity index is 998. The maximum absolute atomic E-state index is 13.2. The number of aryl methyl sites for hydroxylation is 2. The monoisotopic (exact) mass is 410 g/mol. The van der Waals surface area contributed by atoms with Crippen LogP contribution in [0.15, 0.2) is 15.1 Å². The van der Waals surface area contributed by atoms with Gasteiger partial charge in [-0.2, -0.15) is 4.31 Å². The highest BCUT2D eigenvalue weighted by atomic mass is 32.2. The highest BCUT2D eigenvalue weighted by Gasteiger charge is 2.35. The molecule has 0 radical (unpaired) electrons. The summed E-state index contributed by atoms with van der Waals surface area (Å²) in [5.41, 5.74) is 0.522. The van der Waals surface area contributed by atoms with Crippen molar-refractivity contribution in [1.82, 2.24) is 18.6 Å². The van der Waals surface area contributed by atoms with E-state index in [2.05, 4.69) is 9.88 Å². The second kappa shape index (κ2) is 7.27. The second-order valence-corrected chi connectivity index (χ2v) is 10.3. The number of sulfonamides is 1. The minimum Gasteiger partial charge on any atom is -0.298 e. The Kier molecular flexibility index (Phi) is 5.13. The summed E-state index contributed by atoms with van der Waals surface area (Å²) in [6, 6.07) is 0.586. The first-order valence-corrected chi connectivity index (χ1v) is 11.9. The van der Waals surface area contributed by atoms with Gasteiger partial charge in [0.1, 0.15) is 0 Å². The summed E-state index contributed by atoms with van der Waals surface area (Å²) in [7, 11) is -3.85. The Morgan fingerprint density at radius 3 is 2.41 bits per heavy atom. The molecular formula is C18H26N4O3S2. The lowest BCUT2D eigenvalue weighted by Crippen LogP contribution is -2.52. The molecule has 2 aromatic heterocycles. The van der Waals surface area contributed by atoms with Gasteiger partial charge in [0.2, 0.25) is 0 Å². The molecule has 27 heavy (non-hydrogen) atoms. The van der Waals surface area contributed by atoms with Crippen LogP contribution >= 0.6 is 11.3 Å². The average molecular weight is 411 g/mol. The van der Waals surface area contributed by atoms with Crippen LogP contribution in [0.1, 0.15) is 43.5 Å². The third-order valence-corrected chi connectivity index (χ3v) is 8.80. The summed E-state index contributed by atoms with van der Waals surface area (Å²) in [5, 5.41) is 1.82. The predicted octanol–water partition coefficient (Wildman–Crippen LogP) is 2.01. The van der Waals surface area contributed by atoms with Crippen LogP contribution in [-0.4, -0.2) is 59.2 Å². The number of aromatic nitrogens is 2. The molecule has 2 aromatic rings. The van der Waals surface area contributed by atoms with Gasteiger partial charge < -0.3 is 0 Å². The quantitative estimate of drug-likeness (QED) is 0.774. The molecular weight excluding hydrogens is 384 g/mol. The van der Waals surface area contributed by atoms with Gasteiger partial charge in [-0.1, -0.05) is 19.3 Å². The van der Waals surface area contributed by atoms with Crippen molar-refractivity contribution in [3.8, 4) is 0 Å². The number of piperazine rings is 1. The molecule has 0 N–H and O–H groups in total. The minimum absolute atomic E-state index is 0.174. The first kappa shape index (κ1) is 19.0. The van der Waals surface area contributed by atoms with Crippen molar-refractivity contribution in [2.75, 3.05) is 26.2 Å². The number of rotatable bonds is 3. The molecule has 148 valence electrons. The molecule has 0 atom stereocenters. The van der Waals surface area contributed by atoms with E-state index in [0.29, 0.717) is 29.8 Å². The topological polar surface area (TPSA) is 75.0 Å². The lowest BCUT2D eigenvalue weighted by molar-refractivity contribution is 0.111. The zero-order valence-corrected chi connectivity index (χ0v) is 17.5. The number of hydrogen-bond acceptors (Lipinski definition) is 6. The Balaban J connectivity index is 1.60. The van der Waals surface area contributed by atoms with E-state index in [-0.39, 0.29) is 10.6 Å². The number of thiazole rings is 1. The summed E-state index contributed by atoms with van der Waals surface area (Å²) in [4.78, 5) is 20.1. The molecule has 0 amide bonds. The number of fused-ring (bicyclic) bond motifs is 1. The highest BCUT2D eigenvalue weighted by Crippen LogP contribution is 2.25. The molecule has 0 spiro atoms. The van der Waals surface area contributed by atoms with Gasteiger partial charge in [0, 0.05) is 43.3 Å². The van der Waals surface area contributed by atoms with Gasteiger partial charge in [0.15, 0.2) is 9.86 Å². The van der Waals surface area contributed by atoms with Crippen molar-refractivity contribution in [2.24, 2.45) is 0 Å². The molecule has 2 aliphatic rings. The van der Waals surface area contributed by atoms with Gasteiger partial charge in [-0.15, -0.1) is 11.3 Å². The fourth-order valence-electron chi connectivity index (χ4n) is 4.35. The SMILES string of the molecule is Cc1nc2scc(C)n2c(=O)c1S(=O)(=O)N1CCN(C2CCCCC2)CC1. The van der Waals surface area contributed by atoms with Crippen LogP contribution in [0, 0.1) is 13.8 Å². The van der Waals surface area contributed by atoms with Gasteiger partial charge in [0.25, 0.3) is 15.6 Å². The standard InChI is InChI=1S/C18H26N4O3S2/c1-13-12-26-18-19-14(2)16(17(23)22(13)18)27(24,25)21-10-8-20(9-11-21)15-6-4-3-5-7-15/h12,15H,3-11H2,1-2H3. The van der Waals surface area contributed by atoms with Crippen molar-refractivity contribution in [2.45, 2.75) is 56.9 Å². The number of hydrogen-bond donors (Lipinski definition) is 0. The van der Waals surface area contributed by atoms with Crippen LogP contribution in [0.2, 0.25) is 0 Å². The molecule has 1 aliphatic heterocycles. The van der Waals surface area contributed by atoms with Crippen LogP contribution in [0.4, 0.5) is 0 Å². The third kappa shape index (κ3) is 3.35. The largest absolute Gasteiger partial charge is 0.298 e. The first-order valence-electron chi connectivity index (χ1n) is 9.61. The molecule has 0 bridgehead atoms. The predicted molar refractivity (Wildman–Crippen MR) is 106 cm³/mol. The van der Waals surface area contributed by atoms with Gasteiger partial charge in [0.05, 0.1) is 5.69 Å². The maximum atomic E-state index is 13.2. The molecule has 0 unspecified atom stereocenters. The Morgan fingerprint density at radius 1 is 1.07 bits per heavy atom. The van der Waals surface area contributed by atoms with Crippen LogP contribution in [0.5, 0.6) is 0 Å². The summed E-state index contributed by atoms with van der Waals surface area (Å²) < 4.78 is 29.4. The molecule has 1 aliphatic carbocycles. The van der Waals surface area contributed by atoms with Crippen molar-refractivity contribution in [1.29, 1.82) is 0 Å². The van der Waals surface area contributed by atoms with Crippen LogP contribution in [0.3, 0.4) is 0 Å². The van der Waals surface area contributed by atoms with E-state index < -0.39 is 15.6 Å². The molecule has 9 heteroatoms. The summed E-state index contributed by atoms with van der Waals surface area (Å²) >= 11 is 1.35. The normalized spacial score (nSPS) is 21.1. The van der Waals surface area contributed by atoms with Crippen LogP contribution in [-0.2, 0) is 10.0 Å². The Morgan fingerprint density at radius 2 is 1.74 bits per heavy atom. The Hall–Kier alpha value is -1.29. The van der Waals surface area contributed by atoms with E-state index in [9.17, 15) is 13.2 Å². The van der Waals surface area contributed by atoms with Crippen molar-refractivity contribution in [3.05, 3.63) is 27.1 Å². The van der Waals surface area contributed by atoms with Crippen molar-refractivity contribution < 1.29 is 8.42 Å². The molecule has 7 nitrogen and oxygen atoms in total. The molecule has 0 aromatic carbocycles.